The molecular formula is C9H13NO4. The van der Waals surface area contributed by atoms with Gasteiger partial charge in [-0.3, -0.25) is 4.79 Å². The number of ether oxygens (including phenoxy) is 1. The zero-order chi connectivity index (χ0) is 10.7. The van der Waals surface area contributed by atoms with Gasteiger partial charge in [0.2, 0.25) is 5.89 Å². The Balaban J connectivity index is 2.69. The lowest BCUT2D eigenvalue weighted by molar-refractivity contribution is -0.143. The van der Waals surface area contributed by atoms with Crippen LogP contribution in [0.4, 0.5) is 0 Å². The van der Waals surface area contributed by atoms with Gasteiger partial charge in [0, 0.05) is 0 Å². The summed E-state index contributed by atoms with van der Waals surface area (Å²) < 4.78 is 9.56. The van der Waals surface area contributed by atoms with Crippen LogP contribution in [0.1, 0.15) is 29.9 Å². The number of aryl methyl sites for hydroxylation is 2. The predicted octanol–water partition coefficient (Wildman–Crippen LogP) is 0.888. The van der Waals surface area contributed by atoms with E-state index in [1.165, 1.54) is 7.11 Å². The summed E-state index contributed by atoms with van der Waals surface area (Å²) in [5.74, 6) is 0.306. The smallest absolute Gasteiger partial charge is 0.308 e. The maximum absolute atomic E-state index is 10.8. The largest absolute Gasteiger partial charge is 0.469 e. The Morgan fingerprint density at radius 1 is 1.64 bits per heavy atom. The van der Waals surface area contributed by atoms with Crippen LogP contribution >= 0.6 is 0 Å². The predicted molar refractivity (Wildman–Crippen MR) is 47.6 cm³/mol. The Hall–Kier alpha value is -1.36. The van der Waals surface area contributed by atoms with Crippen LogP contribution in [-0.4, -0.2) is 23.2 Å². The number of oxazole rings is 1. The lowest BCUT2D eigenvalue weighted by Gasteiger charge is -2.03. The molecule has 1 aromatic rings. The molecule has 1 atom stereocenters. The highest BCUT2D eigenvalue weighted by atomic mass is 16.5. The number of rotatable bonds is 3. The molecule has 1 rings (SSSR count). The molecule has 0 aliphatic heterocycles. The normalized spacial score (nSPS) is 12.6. The van der Waals surface area contributed by atoms with E-state index in [4.69, 9.17) is 4.42 Å². The number of aliphatic hydroxyl groups is 1. The summed E-state index contributed by atoms with van der Waals surface area (Å²) >= 11 is 0. The van der Waals surface area contributed by atoms with Crippen molar-refractivity contribution in [2.75, 3.05) is 7.11 Å². The molecule has 0 bridgehead atoms. The Morgan fingerprint density at radius 2 is 2.29 bits per heavy atom. The summed E-state index contributed by atoms with van der Waals surface area (Å²) in [5, 5.41) is 9.50. The van der Waals surface area contributed by atoms with Gasteiger partial charge in [0.25, 0.3) is 0 Å². The Bertz CT molecular complexity index is 312. The standard InChI is InChI=1S/C9H13NO4/c1-5-6(2)14-9(10-5)7(11)4-8(12)13-3/h7,11H,4H2,1-3H3/t7-/m0/s1. The molecule has 78 valence electrons. The third-order valence-corrected chi connectivity index (χ3v) is 1.92. The van der Waals surface area contributed by atoms with Crippen molar-refractivity contribution in [3.8, 4) is 0 Å². The minimum absolute atomic E-state index is 0.143. The summed E-state index contributed by atoms with van der Waals surface area (Å²) in [4.78, 5) is 14.8. The fraction of sp³-hybridized carbons (Fsp3) is 0.556. The second-order valence-electron chi connectivity index (χ2n) is 2.99. The lowest BCUT2D eigenvalue weighted by Crippen LogP contribution is -2.08. The van der Waals surface area contributed by atoms with Crippen molar-refractivity contribution in [1.29, 1.82) is 0 Å². The third-order valence-electron chi connectivity index (χ3n) is 1.92. The van der Waals surface area contributed by atoms with Crippen LogP contribution in [0.25, 0.3) is 0 Å². The van der Waals surface area contributed by atoms with Crippen molar-refractivity contribution in [2.45, 2.75) is 26.4 Å². The zero-order valence-corrected chi connectivity index (χ0v) is 8.40. The molecule has 0 radical (unpaired) electrons. The number of aliphatic hydroxyl groups excluding tert-OH is 1. The molecule has 5 nitrogen and oxygen atoms in total. The van der Waals surface area contributed by atoms with Gasteiger partial charge in [0.1, 0.15) is 11.9 Å². The van der Waals surface area contributed by atoms with Gasteiger partial charge in [-0.2, -0.15) is 0 Å². The van der Waals surface area contributed by atoms with Crippen molar-refractivity contribution >= 4 is 5.97 Å². The van der Waals surface area contributed by atoms with E-state index >= 15 is 0 Å². The Morgan fingerprint density at radius 3 is 2.71 bits per heavy atom. The van der Waals surface area contributed by atoms with Gasteiger partial charge >= 0.3 is 5.97 Å². The number of methoxy groups -OCH3 is 1. The van der Waals surface area contributed by atoms with Crippen molar-refractivity contribution in [2.24, 2.45) is 0 Å². The number of aromatic nitrogens is 1. The van der Waals surface area contributed by atoms with Crippen LogP contribution in [0, 0.1) is 13.8 Å². The highest BCUT2D eigenvalue weighted by Gasteiger charge is 2.19. The first-order valence-corrected chi connectivity index (χ1v) is 4.23. The molecule has 0 fully saturated rings. The number of nitrogens with zero attached hydrogens (tertiary/aromatic N) is 1. The van der Waals surface area contributed by atoms with Gasteiger partial charge in [0.15, 0.2) is 0 Å². The van der Waals surface area contributed by atoms with Gasteiger partial charge in [-0.15, -0.1) is 0 Å². The van der Waals surface area contributed by atoms with Gasteiger partial charge in [-0.25, -0.2) is 4.98 Å². The van der Waals surface area contributed by atoms with E-state index in [9.17, 15) is 9.90 Å². The van der Waals surface area contributed by atoms with Gasteiger partial charge in [-0.1, -0.05) is 0 Å². The molecule has 0 saturated heterocycles. The van der Waals surface area contributed by atoms with Crippen molar-refractivity contribution in [3.05, 3.63) is 17.3 Å². The highest BCUT2D eigenvalue weighted by Crippen LogP contribution is 2.18. The van der Waals surface area contributed by atoms with Gasteiger partial charge in [0.05, 0.1) is 19.2 Å². The van der Waals surface area contributed by atoms with Crippen LogP contribution in [-0.2, 0) is 9.53 Å². The molecule has 0 aromatic carbocycles. The van der Waals surface area contributed by atoms with E-state index in [2.05, 4.69) is 9.72 Å². The van der Waals surface area contributed by atoms with Crippen LogP contribution < -0.4 is 0 Å². The molecule has 0 amide bonds. The SMILES string of the molecule is COC(=O)C[C@H](O)c1nc(C)c(C)o1. The van der Waals surface area contributed by atoms with E-state index in [0.717, 1.165) is 0 Å². The zero-order valence-electron chi connectivity index (χ0n) is 8.40. The first-order chi connectivity index (χ1) is 6.54. The highest BCUT2D eigenvalue weighted by molar-refractivity contribution is 5.69. The second-order valence-corrected chi connectivity index (χ2v) is 2.99. The summed E-state index contributed by atoms with van der Waals surface area (Å²) in [6.45, 7) is 3.52. The molecule has 1 heterocycles. The number of carbonyl (C=O) groups excluding carboxylic acids is 1. The maximum Gasteiger partial charge on any atom is 0.308 e. The van der Waals surface area contributed by atoms with Crippen LogP contribution in [0.3, 0.4) is 0 Å². The molecule has 1 aromatic heterocycles. The quantitative estimate of drug-likeness (QED) is 0.732. The summed E-state index contributed by atoms with van der Waals surface area (Å²) in [5.41, 5.74) is 0.712. The van der Waals surface area contributed by atoms with Crippen molar-refractivity contribution in [1.82, 2.24) is 4.98 Å². The molecule has 14 heavy (non-hydrogen) atoms. The van der Waals surface area contributed by atoms with Crippen LogP contribution in [0.5, 0.6) is 0 Å². The van der Waals surface area contributed by atoms with E-state index in [1.54, 1.807) is 13.8 Å². The fourth-order valence-electron chi connectivity index (χ4n) is 0.969. The van der Waals surface area contributed by atoms with Gasteiger partial charge < -0.3 is 14.3 Å². The number of hydrogen-bond acceptors (Lipinski definition) is 5. The minimum Gasteiger partial charge on any atom is -0.469 e. The van der Waals surface area contributed by atoms with Crippen molar-refractivity contribution < 1.29 is 19.1 Å². The first-order valence-electron chi connectivity index (χ1n) is 4.23. The molecule has 0 unspecified atom stereocenters. The Labute approximate surface area is 81.7 Å². The number of carbonyl (C=O) groups is 1. The maximum atomic E-state index is 10.8. The van der Waals surface area contributed by atoms with Crippen LogP contribution in [0.15, 0.2) is 4.42 Å². The molecule has 0 spiro atoms. The molecule has 0 aliphatic carbocycles. The van der Waals surface area contributed by atoms with E-state index < -0.39 is 12.1 Å². The van der Waals surface area contributed by atoms with E-state index in [0.29, 0.717) is 11.5 Å². The van der Waals surface area contributed by atoms with E-state index in [1.807, 2.05) is 0 Å². The summed E-state index contributed by atoms with van der Waals surface area (Å²) in [6.07, 6.45) is -1.18. The molecular weight excluding hydrogens is 186 g/mol. The van der Waals surface area contributed by atoms with Gasteiger partial charge in [-0.05, 0) is 13.8 Å². The average molecular weight is 199 g/mol. The summed E-state index contributed by atoms with van der Waals surface area (Å²) in [7, 11) is 1.26. The molecule has 0 saturated carbocycles. The average Bonchev–Trinajstić information content (AvgIpc) is 2.47. The lowest BCUT2D eigenvalue weighted by atomic mass is 10.2. The minimum atomic E-state index is -1.03. The number of hydrogen-bond donors (Lipinski definition) is 1. The molecule has 1 N–H and O–H groups in total. The molecule has 5 heteroatoms. The second kappa shape index (κ2) is 4.23. The monoisotopic (exact) mass is 199 g/mol. The first kappa shape index (κ1) is 10.7. The van der Waals surface area contributed by atoms with Crippen molar-refractivity contribution in [3.63, 3.8) is 0 Å². The van der Waals surface area contributed by atoms with Crippen LogP contribution in [0.2, 0.25) is 0 Å². The summed E-state index contributed by atoms with van der Waals surface area (Å²) in [6, 6.07) is 0. The Kier molecular flexibility index (Phi) is 3.24. The van der Waals surface area contributed by atoms with E-state index in [-0.39, 0.29) is 12.3 Å². The topological polar surface area (TPSA) is 72.6 Å². The molecule has 0 aliphatic rings. The third kappa shape index (κ3) is 2.32. The fourth-order valence-corrected chi connectivity index (χ4v) is 0.969. The number of esters is 1.